The molecular formula is C36H48N4O8S. The Bertz CT molecular complexity index is 1640. The Morgan fingerprint density at radius 2 is 1.78 bits per heavy atom. The molecule has 1 aliphatic heterocycles. The Kier molecular flexibility index (Phi) is 13.3. The van der Waals surface area contributed by atoms with Crippen LogP contribution in [0, 0.1) is 5.92 Å². The van der Waals surface area contributed by atoms with E-state index >= 15 is 0 Å². The van der Waals surface area contributed by atoms with Crippen LogP contribution in [0.3, 0.4) is 0 Å². The van der Waals surface area contributed by atoms with Gasteiger partial charge in [-0.2, -0.15) is 0 Å². The van der Waals surface area contributed by atoms with Gasteiger partial charge in [0, 0.05) is 44.0 Å². The summed E-state index contributed by atoms with van der Waals surface area (Å²) in [5.41, 5.74) is 1.01. The Morgan fingerprint density at radius 1 is 1.06 bits per heavy atom. The van der Waals surface area contributed by atoms with E-state index in [9.17, 15) is 23.1 Å². The first-order valence-corrected chi connectivity index (χ1v) is 18.0. The Hall–Kier alpha value is -4.33. The van der Waals surface area contributed by atoms with Gasteiger partial charge in [-0.25, -0.2) is 13.2 Å². The van der Waals surface area contributed by atoms with Crippen LogP contribution in [-0.2, 0) is 14.8 Å². The second kappa shape index (κ2) is 17.4. The quantitative estimate of drug-likeness (QED) is 0.268. The molecule has 0 fully saturated rings. The number of methoxy groups -OCH3 is 1. The van der Waals surface area contributed by atoms with Crippen LogP contribution in [0.4, 0.5) is 16.2 Å². The minimum atomic E-state index is -4.00. The number of fused-ring (bicyclic) bond motifs is 1. The number of benzene rings is 3. The molecule has 3 N–H and O–H groups in total. The van der Waals surface area contributed by atoms with Crippen LogP contribution in [0.25, 0.3) is 0 Å². The lowest BCUT2D eigenvalue weighted by Crippen LogP contribution is -2.48. The van der Waals surface area contributed by atoms with Gasteiger partial charge in [0.05, 0.1) is 42.4 Å². The van der Waals surface area contributed by atoms with Gasteiger partial charge in [-0.3, -0.25) is 9.52 Å². The largest absolute Gasteiger partial charge is 0.497 e. The van der Waals surface area contributed by atoms with Crippen LogP contribution in [0.5, 0.6) is 11.5 Å². The van der Waals surface area contributed by atoms with Crippen LogP contribution in [0.15, 0.2) is 77.7 Å². The molecule has 4 rings (SSSR count). The fourth-order valence-corrected chi connectivity index (χ4v) is 6.56. The first-order valence-electron chi connectivity index (χ1n) is 16.5. The van der Waals surface area contributed by atoms with E-state index in [2.05, 4.69) is 10.0 Å². The van der Waals surface area contributed by atoms with Crippen LogP contribution < -0.4 is 19.5 Å². The van der Waals surface area contributed by atoms with E-state index in [4.69, 9.17) is 14.2 Å². The van der Waals surface area contributed by atoms with Gasteiger partial charge in [-0.05, 0) is 87.7 Å². The third-order valence-electron chi connectivity index (χ3n) is 8.50. The van der Waals surface area contributed by atoms with E-state index < -0.39 is 28.1 Å². The Balaban J connectivity index is 1.63. The van der Waals surface area contributed by atoms with Gasteiger partial charge in [0.15, 0.2) is 0 Å². The first-order chi connectivity index (χ1) is 23.4. The molecule has 4 atom stereocenters. The topological polar surface area (TPSA) is 147 Å². The first kappa shape index (κ1) is 37.5. The molecule has 0 aliphatic carbocycles. The van der Waals surface area contributed by atoms with Crippen molar-refractivity contribution in [1.29, 1.82) is 0 Å². The Morgan fingerprint density at radius 3 is 2.45 bits per heavy atom. The predicted octanol–water partition coefficient (Wildman–Crippen LogP) is 5.46. The molecule has 12 nitrogen and oxygen atoms in total. The summed E-state index contributed by atoms with van der Waals surface area (Å²) in [6.45, 7) is 6.22. The molecule has 0 saturated carbocycles. The van der Waals surface area contributed by atoms with Crippen LogP contribution in [-0.4, -0.2) is 94.0 Å². The van der Waals surface area contributed by atoms with Crippen molar-refractivity contribution in [2.75, 3.05) is 50.5 Å². The molecule has 0 radical (unpaired) electrons. The zero-order valence-corrected chi connectivity index (χ0v) is 29.6. The summed E-state index contributed by atoms with van der Waals surface area (Å²) in [5, 5.41) is 13.1. The summed E-state index contributed by atoms with van der Waals surface area (Å²) < 4.78 is 46.8. The van der Waals surface area contributed by atoms with Gasteiger partial charge in [-0.15, -0.1) is 0 Å². The molecule has 0 aromatic heterocycles. The lowest BCUT2D eigenvalue weighted by Gasteiger charge is -2.35. The van der Waals surface area contributed by atoms with Gasteiger partial charge in [0.2, 0.25) is 0 Å². The van der Waals surface area contributed by atoms with Crippen molar-refractivity contribution in [2.24, 2.45) is 5.92 Å². The number of ether oxygens (including phenoxy) is 3. The zero-order chi connectivity index (χ0) is 35.6. The number of hydrogen-bond acceptors (Lipinski definition) is 8. The van der Waals surface area contributed by atoms with E-state index in [0.717, 1.165) is 12.8 Å². The van der Waals surface area contributed by atoms with Crippen molar-refractivity contribution in [3.63, 3.8) is 0 Å². The minimum Gasteiger partial charge on any atom is -0.497 e. The summed E-state index contributed by atoms with van der Waals surface area (Å²) in [6.07, 6.45) is 1.60. The van der Waals surface area contributed by atoms with Crippen molar-refractivity contribution in [3.8, 4) is 11.5 Å². The molecule has 266 valence electrons. The lowest BCUT2D eigenvalue weighted by atomic mass is 10.0. The average Bonchev–Trinajstić information content (AvgIpc) is 3.09. The zero-order valence-electron chi connectivity index (χ0n) is 28.8. The average molecular weight is 697 g/mol. The molecule has 1 aliphatic rings. The lowest BCUT2D eigenvalue weighted by molar-refractivity contribution is -0.0115. The molecule has 0 bridgehead atoms. The minimum absolute atomic E-state index is 0.0300. The van der Waals surface area contributed by atoms with Crippen molar-refractivity contribution < 1.29 is 37.3 Å². The number of rotatable bonds is 9. The number of para-hydroxylation sites is 1. The third kappa shape index (κ3) is 10.3. The van der Waals surface area contributed by atoms with Crippen molar-refractivity contribution in [1.82, 2.24) is 9.80 Å². The van der Waals surface area contributed by atoms with E-state index in [1.54, 1.807) is 48.0 Å². The van der Waals surface area contributed by atoms with Crippen molar-refractivity contribution in [2.45, 2.75) is 63.2 Å². The molecule has 49 heavy (non-hydrogen) atoms. The van der Waals surface area contributed by atoms with Crippen LogP contribution in [0.2, 0.25) is 0 Å². The number of amides is 3. The number of carbonyl (C=O) groups excluding carboxylic acids is 2. The number of hydrogen-bond donors (Lipinski definition) is 3. The van der Waals surface area contributed by atoms with Gasteiger partial charge in [0.1, 0.15) is 11.5 Å². The van der Waals surface area contributed by atoms with E-state index in [-0.39, 0.29) is 53.9 Å². The summed E-state index contributed by atoms with van der Waals surface area (Å²) in [4.78, 5) is 30.6. The fourth-order valence-electron chi connectivity index (χ4n) is 5.51. The number of nitrogens with one attached hydrogen (secondary N) is 2. The molecule has 1 heterocycles. The number of likely N-dealkylation sites (N-methyl/N-ethyl adjacent to an activating group) is 1. The molecular weight excluding hydrogens is 648 g/mol. The van der Waals surface area contributed by atoms with Crippen LogP contribution >= 0.6 is 0 Å². The van der Waals surface area contributed by atoms with Gasteiger partial charge in [0.25, 0.3) is 15.9 Å². The second-order valence-electron chi connectivity index (χ2n) is 12.5. The molecule has 3 aromatic rings. The molecule has 3 amide bonds. The highest BCUT2D eigenvalue weighted by Crippen LogP contribution is 2.30. The fraction of sp³-hybridized carbons (Fsp3) is 0.444. The van der Waals surface area contributed by atoms with Crippen molar-refractivity contribution >= 4 is 33.3 Å². The molecule has 0 unspecified atom stereocenters. The molecule has 3 aromatic carbocycles. The monoisotopic (exact) mass is 696 g/mol. The highest BCUT2D eigenvalue weighted by atomic mass is 32.2. The standard InChI is InChI=1S/C36H48N4O8S/c1-25-22-40(26(2)24-41)35(42)32-21-29(38-49(44,45)31-17-15-30(46-5)16-18-31)14-19-33(32)48-27(3)11-9-10-20-47-34(25)23-39(4)36(43)37-28-12-7-6-8-13-28/h6-8,12-19,21,25-27,34,38,41H,9-11,20,22-24H2,1-5H3,(H,37,43)/t25-,26+,27-,34-/m1/s1. The van der Waals surface area contributed by atoms with E-state index in [1.165, 1.54) is 25.3 Å². The van der Waals surface area contributed by atoms with Crippen LogP contribution in [0.1, 0.15) is 50.4 Å². The van der Waals surface area contributed by atoms with Gasteiger partial charge in [-0.1, -0.05) is 25.1 Å². The number of carbonyl (C=O) groups is 2. The molecule has 0 saturated heterocycles. The maximum absolute atomic E-state index is 14.4. The summed E-state index contributed by atoms with van der Waals surface area (Å²) in [5.74, 6) is 0.138. The number of sulfonamides is 1. The van der Waals surface area contributed by atoms with Crippen molar-refractivity contribution in [3.05, 3.63) is 78.4 Å². The summed E-state index contributed by atoms with van der Waals surface area (Å²) >= 11 is 0. The second-order valence-corrected chi connectivity index (χ2v) is 14.2. The van der Waals surface area contributed by atoms with Gasteiger partial charge < -0.3 is 34.4 Å². The highest BCUT2D eigenvalue weighted by molar-refractivity contribution is 7.92. The SMILES string of the molecule is COc1ccc(S(=O)(=O)Nc2ccc3c(c2)C(=O)N([C@@H](C)CO)C[C@@H](C)[C@@H](CN(C)C(=O)Nc2ccccc2)OCCCC[C@@H](C)O3)cc1. The molecule has 0 spiro atoms. The smallest absolute Gasteiger partial charge is 0.321 e. The van der Waals surface area contributed by atoms with E-state index in [1.807, 2.05) is 44.2 Å². The number of aliphatic hydroxyl groups excluding tert-OH is 1. The van der Waals surface area contributed by atoms with Gasteiger partial charge >= 0.3 is 6.03 Å². The number of urea groups is 1. The third-order valence-corrected chi connectivity index (χ3v) is 9.90. The van der Waals surface area contributed by atoms with E-state index in [0.29, 0.717) is 30.2 Å². The summed E-state index contributed by atoms with van der Waals surface area (Å²) in [6, 6.07) is 18.9. The number of anilines is 2. The Labute approximate surface area is 289 Å². The predicted molar refractivity (Wildman–Crippen MR) is 189 cm³/mol. The normalized spacial score (nSPS) is 19.8. The molecule has 13 heteroatoms. The maximum atomic E-state index is 14.4. The number of nitrogens with zero attached hydrogens (tertiary/aromatic N) is 2. The number of aliphatic hydroxyl groups is 1. The summed E-state index contributed by atoms with van der Waals surface area (Å²) in [7, 11) is -0.803. The maximum Gasteiger partial charge on any atom is 0.321 e. The highest BCUT2D eigenvalue weighted by Gasteiger charge is 2.31.